The van der Waals surface area contributed by atoms with E-state index in [1.165, 1.54) is 32.1 Å². The van der Waals surface area contributed by atoms with Crippen molar-refractivity contribution in [2.45, 2.75) is 32.1 Å². The van der Waals surface area contributed by atoms with E-state index >= 15 is 0 Å². The van der Waals surface area contributed by atoms with E-state index in [4.69, 9.17) is 10.5 Å². The molecule has 1 fully saturated rings. The number of carbonyl (C=O) groups excluding carboxylic acids is 1. The molecule has 1 aliphatic rings. The number of ether oxygens (including phenoxy) is 1. The van der Waals surface area contributed by atoms with E-state index < -0.39 is 0 Å². The minimum Gasteiger partial charge on any atom is -0.399 e. The molecule has 5 heteroatoms. The van der Waals surface area contributed by atoms with Gasteiger partial charge in [0.2, 0.25) is 5.91 Å². The molecular formula is C15H21BrN2O2. The van der Waals surface area contributed by atoms with Gasteiger partial charge < -0.3 is 15.8 Å². The maximum absolute atomic E-state index is 11.8. The van der Waals surface area contributed by atoms with Crippen molar-refractivity contribution < 1.29 is 9.53 Å². The van der Waals surface area contributed by atoms with Crippen LogP contribution in [0.1, 0.15) is 32.1 Å². The third-order valence-corrected chi connectivity index (χ3v) is 4.23. The Morgan fingerprint density at radius 3 is 2.80 bits per heavy atom. The summed E-state index contributed by atoms with van der Waals surface area (Å²) in [5.41, 5.74) is 7.02. The molecule has 1 aliphatic carbocycles. The summed E-state index contributed by atoms with van der Waals surface area (Å²) in [6, 6.07) is 5.29. The van der Waals surface area contributed by atoms with Crippen molar-refractivity contribution in [2.75, 3.05) is 24.3 Å². The highest BCUT2D eigenvalue weighted by Gasteiger charge is 2.14. The van der Waals surface area contributed by atoms with Gasteiger partial charge >= 0.3 is 0 Å². The van der Waals surface area contributed by atoms with Crippen LogP contribution in [0, 0.1) is 5.92 Å². The number of hydrogen-bond donors (Lipinski definition) is 2. The Morgan fingerprint density at radius 2 is 2.10 bits per heavy atom. The molecule has 0 saturated heterocycles. The molecule has 0 spiro atoms. The summed E-state index contributed by atoms with van der Waals surface area (Å²) < 4.78 is 6.29. The molecule has 1 aromatic carbocycles. The minimum atomic E-state index is -0.133. The molecule has 2 rings (SSSR count). The number of anilines is 2. The molecule has 0 aromatic heterocycles. The molecule has 0 aliphatic heterocycles. The van der Waals surface area contributed by atoms with Crippen molar-refractivity contribution in [3.05, 3.63) is 22.7 Å². The summed E-state index contributed by atoms with van der Waals surface area (Å²) >= 11 is 3.37. The van der Waals surface area contributed by atoms with Crippen LogP contribution < -0.4 is 11.1 Å². The van der Waals surface area contributed by atoms with E-state index in [1.54, 1.807) is 18.2 Å². The topological polar surface area (TPSA) is 64.3 Å². The lowest BCUT2D eigenvalue weighted by Crippen LogP contribution is -2.21. The number of nitrogen functional groups attached to an aromatic ring is 1. The highest BCUT2D eigenvalue weighted by molar-refractivity contribution is 9.10. The standard InChI is InChI=1S/C15H21BrN2O2/c16-13-8-12(17)6-7-14(13)18-15(19)10-20-9-11-4-2-1-3-5-11/h6-8,11H,1-5,9-10,17H2,(H,18,19). The van der Waals surface area contributed by atoms with E-state index in [0.717, 1.165) is 4.47 Å². The van der Waals surface area contributed by atoms with Gasteiger partial charge in [-0.1, -0.05) is 19.3 Å². The Hall–Kier alpha value is -1.07. The van der Waals surface area contributed by atoms with Gasteiger partial charge in [-0.25, -0.2) is 0 Å². The van der Waals surface area contributed by atoms with Crippen molar-refractivity contribution in [3.8, 4) is 0 Å². The molecule has 0 bridgehead atoms. The van der Waals surface area contributed by atoms with Gasteiger partial charge in [-0.15, -0.1) is 0 Å². The fourth-order valence-electron chi connectivity index (χ4n) is 2.49. The Morgan fingerprint density at radius 1 is 1.35 bits per heavy atom. The Labute approximate surface area is 128 Å². The fourth-order valence-corrected chi connectivity index (χ4v) is 2.99. The SMILES string of the molecule is Nc1ccc(NC(=O)COCC2CCCCC2)c(Br)c1. The maximum Gasteiger partial charge on any atom is 0.250 e. The monoisotopic (exact) mass is 340 g/mol. The second kappa shape index (κ2) is 7.64. The molecule has 1 aromatic rings. The van der Waals surface area contributed by atoms with Gasteiger partial charge in [0, 0.05) is 10.2 Å². The van der Waals surface area contributed by atoms with Crippen LogP contribution in [0.25, 0.3) is 0 Å². The predicted octanol–water partition coefficient (Wildman–Crippen LogP) is 3.57. The summed E-state index contributed by atoms with van der Waals surface area (Å²) in [6.45, 7) is 0.795. The summed E-state index contributed by atoms with van der Waals surface area (Å²) in [5.74, 6) is 0.492. The lowest BCUT2D eigenvalue weighted by atomic mass is 9.90. The van der Waals surface area contributed by atoms with Crippen molar-refractivity contribution >= 4 is 33.2 Å². The number of halogens is 1. The molecule has 4 nitrogen and oxygen atoms in total. The number of hydrogen-bond acceptors (Lipinski definition) is 3. The average Bonchev–Trinajstić information content (AvgIpc) is 2.43. The number of amides is 1. The second-order valence-corrected chi connectivity index (χ2v) is 6.16. The molecule has 3 N–H and O–H groups in total. The summed E-state index contributed by atoms with van der Waals surface area (Å²) in [4.78, 5) is 11.8. The second-order valence-electron chi connectivity index (χ2n) is 5.31. The van der Waals surface area contributed by atoms with Crippen molar-refractivity contribution in [1.82, 2.24) is 0 Å². The van der Waals surface area contributed by atoms with E-state index in [-0.39, 0.29) is 12.5 Å². The van der Waals surface area contributed by atoms with Crippen LogP contribution in [0.3, 0.4) is 0 Å². The number of benzene rings is 1. The normalized spacial score (nSPS) is 16.1. The zero-order chi connectivity index (χ0) is 14.4. The maximum atomic E-state index is 11.8. The van der Waals surface area contributed by atoms with Crippen LogP contribution in [-0.4, -0.2) is 19.1 Å². The van der Waals surface area contributed by atoms with Gasteiger partial charge in [-0.05, 0) is 52.9 Å². The van der Waals surface area contributed by atoms with Crippen LogP contribution in [0.15, 0.2) is 22.7 Å². The first kappa shape index (κ1) is 15.3. The zero-order valence-corrected chi connectivity index (χ0v) is 13.1. The van der Waals surface area contributed by atoms with E-state index in [9.17, 15) is 4.79 Å². The molecule has 0 unspecified atom stereocenters. The van der Waals surface area contributed by atoms with Gasteiger partial charge in [0.05, 0.1) is 12.3 Å². The number of nitrogens with two attached hydrogens (primary N) is 1. The first-order chi connectivity index (χ1) is 9.65. The molecule has 1 amide bonds. The van der Waals surface area contributed by atoms with Gasteiger partial charge in [-0.3, -0.25) is 4.79 Å². The lowest BCUT2D eigenvalue weighted by molar-refractivity contribution is -0.121. The minimum absolute atomic E-state index is 0.104. The first-order valence-electron chi connectivity index (χ1n) is 7.08. The number of nitrogens with one attached hydrogen (secondary N) is 1. The van der Waals surface area contributed by atoms with E-state index in [0.29, 0.717) is 23.9 Å². The fraction of sp³-hybridized carbons (Fsp3) is 0.533. The Balaban J connectivity index is 1.72. The highest BCUT2D eigenvalue weighted by Crippen LogP contribution is 2.25. The molecule has 20 heavy (non-hydrogen) atoms. The largest absolute Gasteiger partial charge is 0.399 e. The molecular weight excluding hydrogens is 320 g/mol. The van der Waals surface area contributed by atoms with Crippen molar-refractivity contribution in [1.29, 1.82) is 0 Å². The smallest absolute Gasteiger partial charge is 0.250 e. The van der Waals surface area contributed by atoms with Crippen LogP contribution in [0.4, 0.5) is 11.4 Å². The number of rotatable bonds is 5. The number of carbonyl (C=O) groups is 1. The Kier molecular flexibility index (Phi) is 5.86. The zero-order valence-electron chi connectivity index (χ0n) is 11.5. The molecule has 110 valence electrons. The van der Waals surface area contributed by atoms with E-state index in [1.807, 2.05) is 0 Å². The van der Waals surface area contributed by atoms with Crippen molar-refractivity contribution in [2.24, 2.45) is 5.92 Å². The van der Waals surface area contributed by atoms with Gasteiger partial charge in [0.25, 0.3) is 0 Å². The van der Waals surface area contributed by atoms with E-state index in [2.05, 4.69) is 21.2 Å². The van der Waals surface area contributed by atoms with Crippen molar-refractivity contribution in [3.63, 3.8) is 0 Å². The van der Waals surface area contributed by atoms with Crippen LogP contribution >= 0.6 is 15.9 Å². The summed E-state index contributed by atoms with van der Waals surface area (Å²) in [7, 11) is 0. The molecule has 0 radical (unpaired) electrons. The quantitative estimate of drug-likeness (QED) is 0.805. The van der Waals surface area contributed by atoms with Crippen LogP contribution in [0.2, 0.25) is 0 Å². The summed E-state index contributed by atoms with van der Waals surface area (Å²) in [5, 5.41) is 2.81. The highest BCUT2D eigenvalue weighted by atomic mass is 79.9. The molecule has 0 atom stereocenters. The predicted molar refractivity (Wildman–Crippen MR) is 84.6 cm³/mol. The van der Waals surface area contributed by atoms with Crippen LogP contribution in [-0.2, 0) is 9.53 Å². The molecule has 1 saturated carbocycles. The average molecular weight is 341 g/mol. The lowest BCUT2D eigenvalue weighted by Gasteiger charge is -2.21. The summed E-state index contributed by atoms with van der Waals surface area (Å²) in [6.07, 6.45) is 6.37. The van der Waals surface area contributed by atoms with Gasteiger partial charge in [0.1, 0.15) is 6.61 Å². The first-order valence-corrected chi connectivity index (χ1v) is 7.87. The molecule has 0 heterocycles. The van der Waals surface area contributed by atoms with Crippen LogP contribution in [0.5, 0.6) is 0 Å². The van der Waals surface area contributed by atoms with Gasteiger partial charge in [-0.2, -0.15) is 0 Å². The van der Waals surface area contributed by atoms with Gasteiger partial charge in [0.15, 0.2) is 0 Å². The third kappa shape index (κ3) is 4.80. The third-order valence-electron chi connectivity index (χ3n) is 3.58. The Bertz CT molecular complexity index is 459.